The number of hydrogen-bond acceptors (Lipinski definition) is 3. The van der Waals surface area contributed by atoms with Crippen molar-refractivity contribution in [2.45, 2.75) is 25.4 Å². The summed E-state index contributed by atoms with van der Waals surface area (Å²) in [6.45, 7) is 0.905. The Morgan fingerprint density at radius 3 is 3.20 bits per heavy atom. The average molecular weight is 219 g/mol. The molecule has 4 heteroatoms. The Kier molecular flexibility index (Phi) is 2.31. The highest BCUT2D eigenvalue weighted by Crippen LogP contribution is 2.20. The van der Waals surface area contributed by atoms with E-state index >= 15 is 0 Å². The zero-order valence-corrected chi connectivity index (χ0v) is 9.18. The second kappa shape index (κ2) is 3.79. The van der Waals surface area contributed by atoms with Gasteiger partial charge in [-0.05, 0) is 24.3 Å². The second-order valence-electron chi connectivity index (χ2n) is 3.92. The molecule has 0 spiro atoms. The highest BCUT2D eigenvalue weighted by Gasteiger charge is 2.20. The molecule has 1 aliphatic rings. The van der Waals surface area contributed by atoms with Crippen molar-refractivity contribution < 1.29 is 0 Å². The van der Waals surface area contributed by atoms with Crippen molar-refractivity contribution in [2.24, 2.45) is 0 Å². The normalized spacial score (nSPS) is 15.7. The molecular formula is C11H13N3S. The molecule has 15 heavy (non-hydrogen) atoms. The number of imidazole rings is 1. The summed E-state index contributed by atoms with van der Waals surface area (Å²) in [6.07, 6.45) is 4.57. The van der Waals surface area contributed by atoms with E-state index in [1.54, 1.807) is 11.3 Å². The molecule has 0 bridgehead atoms. The first-order valence-electron chi connectivity index (χ1n) is 5.21. The predicted molar refractivity (Wildman–Crippen MR) is 61.8 cm³/mol. The standard InChI is InChI=1S/C11H13N3S/c1-2-9(1)12-5-10-6-13-11(14-10)8-3-4-15-7-8/h3-4,6-7,9,12H,1-2,5H2,(H,13,14). The van der Waals surface area contributed by atoms with Gasteiger partial charge in [0.25, 0.3) is 0 Å². The van der Waals surface area contributed by atoms with Crippen LogP contribution in [0.3, 0.4) is 0 Å². The lowest BCUT2D eigenvalue weighted by Gasteiger charge is -1.98. The van der Waals surface area contributed by atoms with Crippen LogP contribution in [0.5, 0.6) is 0 Å². The van der Waals surface area contributed by atoms with Crippen molar-refractivity contribution >= 4 is 11.3 Å². The Labute approximate surface area is 92.6 Å². The molecule has 78 valence electrons. The monoisotopic (exact) mass is 219 g/mol. The van der Waals surface area contributed by atoms with Gasteiger partial charge in [-0.2, -0.15) is 11.3 Å². The minimum absolute atomic E-state index is 0.748. The van der Waals surface area contributed by atoms with Gasteiger partial charge < -0.3 is 10.3 Å². The number of aromatic nitrogens is 2. The highest BCUT2D eigenvalue weighted by atomic mass is 32.1. The van der Waals surface area contributed by atoms with Gasteiger partial charge in [-0.25, -0.2) is 4.98 Å². The zero-order valence-electron chi connectivity index (χ0n) is 8.36. The Hall–Kier alpha value is -1.13. The molecule has 2 aromatic heterocycles. The van der Waals surface area contributed by atoms with E-state index < -0.39 is 0 Å². The van der Waals surface area contributed by atoms with Crippen molar-refractivity contribution in [3.8, 4) is 11.4 Å². The maximum Gasteiger partial charge on any atom is 0.138 e. The van der Waals surface area contributed by atoms with Crippen LogP contribution in [0.1, 0.15) is 18.5 Å². The number of hydrogen-bond donors (Lipinski definition) is 2. The minimum Gasteiger partial charge on any atom is -0.341 e. The van der Waals surface area contributed by atoms with E-state index in [1.807, 2.05) is 6.20 Å². The quantitative estimate of drug-likeness (QED) is 0.829. The minimum atomic E-state index is 0.748. The molecule has 0 atom stereocenters. The zero-order chi connectivity index (χ0) is 10.1. The third kappa shape index (κ3) is 2.11. The topological polar surface area (TPSA) is 40.7 Å². The summed E-state index contributed by atoms with van der Waals surface area (Å²) >= 11 is 1.70. The van der Waals surface area contributed by atoms with Gasteiger partial charge in [-0.15, -0.1) is 0 Å². The van der Waals surface area contributed by atoms with E-state index in [0.717, 1.165) is 18.4 Å². The van der Waals surface area contributed by atoms with Crippen LogP contribution in [0.25, 0.3) is 11.4 Å². The van der Waals surface area contributed by atoms with E-state index in [0.29, 0.717) is 0 Å². The molecule has 2 N–H and O–H groups in total. The van der Waals surface area contributed by atoms with Crippen LogP contribution < -0.4 is 5.32 Å². The van der Waals surface area contributed by atoms with Crippen molar-refractivity contribution in [3.05, 3.63) is 28.7 Å². The molecule has 0 radical (unpaired) electrons. The summed E-state index contributed by atoms with van der Waals surface area (Å²) in [5.74, 6) is 0.976. The van der Waals surface area contributed by atoms with Crippen LogP contribution in [-0.4, -0.2) is 16.0 Å². The van der Waals surface area contributed by atoms with Crippen LogP contribution in [0.4, 0.5) is 0 Å². The third-order valence-electron chi connectivity index (χ3n) is 2.58. The van der Waals surface area contributed by atoms with Gasteiger partial charge in [-0.1, -0.05) is 0 Å². The van der Waals surface area contributed by atoms with Gasteiger partial charge in [0.2, 0.25) is 0 Å². The highest BCUT2D eigenvalue weighted by molar-refractivity contribution is 7.08. The summed E-state index contributed by atoms with van der Waals surface area (Å²) in [7, 11) is 0. The first-order valence-corrected chi connectivity index (χ1v) is 6.16. The molecule has 1 saturated carbocycles. The van der Waals surface area contributed by atoms with Crippen molar-refractivity contribution in [1.82, 2.24) is 15.3 Å². The molecule has 0 aliphatic heterocycles. The van der Waals surface area contributed by atoms with Gasteiger partial charge in [0.05, 0.1) is 0 Å². The molecule has 0 unspecified atom stereocenters. The molecule has 0 saturated heterocycles. The average Bonchev–Trinajstić information content (AvgIpc) is 2.78. The molecule has 2 aromatic rings. The summed E-state index contributed by atoms with van der Waals surface area (Å²) < 4.78 is 0. The Bertz CT molecular complexity index is 428. The van der Waals surface area contributed by atoms with Crippen LogP contribution in [0, 0.1) is 0 Å². The fourth-order valence-electron chi connectivity index (χ4n) is 1.54. The summed E-state index contributed by atoms with van der Waals surface area (Å²) in [6, 6.07) is 2.83. The van der Waals surface area contributed by atoms with Gasteiger partial charge >= 0.3 is 0 Å². The largest absolute Gasteiger partial charge is 0.341 e. The van der Waals surface area contributed by atoms with E-state index in [-0.39, 0.29) is 0 Å². The fraction of sp³-hybridized carbons (Fsp3) is 0.364. The van der Waals surface area contributed by atoms with Crippen molar-refractivity contribution in [3.63, 3.8) is 0 Å². The summed E-state index contributed by atoms with van der Waals surface area (Å²) in [4.78, 5) is 7.70. The predicted octanol–water partition coefficient (Wildman–Crippen LogP) is 2.39. The molecule has 1 aliphatic carbocycles. The molecule has 3 rings (SSSR count). The molecule has 0 amide bonds. The first kappa shape index (κ1) is 9.12. The number of thiophene rings is 1. The smallest absolute Gasteiger partial charge is 0.138 e. The fourth-order valence-corrected chi connectivity index (χ4v) is 2.18. The lowest BCUT2D eigenvalue weighted by Crippen LogP contribution is -2.15. The Morgan fingerprint density at radius 1 is 1.53 bits per heavy atom. The Morgan fingerprint density at radius 2 is 2.47 bits per heavy atom. The van der Waals surface area contributed by atoms with Gasteiger partial charge in [0.15, 0.2) is 0 Å². The van der Waals surface area contributed by atoms with E-state index in [1.165, 1.54) is 24.1 Å². The lowest BCUT2D eigenvalue weighted by atomic mass is 10.3. The van der Waals surface area contributed by atoms with Gasteiger partial charge in [0.1, 0.15) is 5.82 Å². The summed E-state index contributed by atoms with van der Waals surface area (Å²) in [5.41, 5.74) is 2.35. The number of nitrogens with one attached hydrogen (secondary N) is 2. The molecule has 1 fully saturated rings. The Balaban J connectivity index is 1.69. The van der Waals surface area contributed by atoms with Crippen molar-refractivity contribution in [1.29, 1.82) is 0 Å². The maximum atomic E-state index is 4.37. The molecule has 3 nitrogen and oxygen atoms in total. The van der Waals surface area contributed by atoms with Gasteiger partial charge in [0, 0.05) is 35.4 Å². The van der Waals surface area contributed by atoms with Gasteiger partial charge in [-0.3, -0.25) is 0 Å². The van der Waals surface area contributed by atoms with Crippen LogP contribution in [0.2, 0.25) is 0 Å². The van der Waals surface area contributed by atoms with E-state index in [9.17, 15) is 0 Å². The van der Waals surface area contributed by atoms with Crippen LogP contribution in [0.15, 0.2) is 23.0 Å². The van der Waals surface area contributed by atoms with Crippen molar-refractivity contribution in [2.75, 3.05) is 0 Å². The second-order valence-corrected chi connectivity index (χ2v) is 4.70. The van der Waals surface area contributed by atoms with E-state index in [2.05, 4.69) is 32.1 Å². The number of rotatable bonds is 4. The number of H-pyrrole nitrogens is 1. The number of nitrogens with zero attached hydrogens (tertiary/aromatic N) is 1. The lowest BCUT2D eigenvalue weighted by molar-refractivity contribution is 0.677. The van der Waals surface area contributed by atoms with E-state index in [4.69, 9.17) is 0 Å². The maximum absolute atomic E-state index is 4.37. The molecule has 2 heterocycles. The first-order chi connectivity index (χ1) is 7.42. The van der Waals surface area contributed by atoms with Crippen LogP contribution in [-0.2, 0) is 6.54 Å². The van der Waals surface area contributed by atoms with Crippen LogP contribution >= 0.6 is 11.3 Å². The molecule has 0 aromatic carbocycles. The number of aromatic amines is 1. The summed E-state index contributed by atoms with van der Waals surface area (Å²) in [5, 5.41) is 7.64. The SMILES string of the molecule is c1cc(-c2ncc(CNC3CC3)[nH]2)cs1. The third-order valence-corrected chi connectivity index (χ3v) is 3.26. The molecular weight excluding hydrogens is 206 g/mol.